The van der Waals surface area contributed by atoms with E-state index in [1.54, 1.807) is 17.6 Å². The van der Waals surface area contributed by atoms with E-state index in [2.05, 4.69) is 10.3 Å². The summed E-state index contributed by atoms with van der Waals surface area (Å²) in [5, 5.41) is 4.93. The Morgan fingerprint density at radius 2 is 2.23 bits per heavy atom. The number of hydrogen-bond donors (Lipinski definition) is 1. The molecule has 1 aliphatic carbocycles. The monoisotopic (exact) mass is 318 g/mol. The van der Waals surface area contributed by atoms with Crippen LogP contribution in [0.2, 0.25) is 0 Å². The molecule has 3 rings (SSSR count). The molecule has 1 N–H and O–H groups in total. The van der Waals surface area contributed by atoms with Crippen molar-refractivity contribution in [3.63, 3.8) is 0 Å². The van der Waals surface area contributed by atoms with Crippen molar-refractivity contribution in [3.8, 4) is 10.8 Å². The molecular weight excluding hydrogens is 296 g/mol. The first kappa shape index (κ1) is 15.3. The molecule has 2 heterocycles. The Labute approximate surface area is 134 Å². The summed E-state index contributed by atoms with van der Waals surface area (Å²) >= 11 is 1.59. The van der Waals surface area contributed by atoms with Crippen LogP contribution in [0.3, 0.4) is 0 Å². The fourth-order valence-corrected chi connectivity index (χ4v) is 3.65. The lowest BCUT2D eigenvalue weighted by atomic mass is 9.86. The molecular formula is C17H22N2O2S. The maximum atomic E-state index is 11.9. The van der Waals surface area contributed by atoms with E-state index in [9.17, 15) is 4.79 Å². The van der Waals surface area contributed by atoms with Gasteiger partial charge in [0.1, 0.15) is 6.26 Å². The molecule has 5 heteroatoms. The topological polar surface area (TPSA) is 55.1 Å². The maximum Gasteiger partial charge on any atom is 0.236 e. The first-order chi connectivity index (χ1) is 10.8. The van der Waals surface area contributed by atoms with Crippen molar-refractivity contribution < 1.29 is 9.21 Å². The zero-order valence-corrected chi connectivity index (χ0v) is 13.5. The summed E-state index contributed by atoms with van der Waals surface area (Å²) in [7, 11) is 0. The maximum absolute atomic E-state index is 11.9. The second-order valence-corrected chi connectivity index (χ2v) is 6.89. The number of thiophene rings is 1. The molecule has 0 radical (unpaired) electrons. The molecule has 2 aromatic heterocycles. The molecule has 22 heavy (non-hydrogen) atoms. The zero-order valence-electron chi connectivity index (χ0n) is 12.7. The molecule has 0 atom stereocenters. The van der Waals surface area contributed by atoms with Gasteiger partial charge < -0.3 is 9.73 Å². The minimum absolute atomic E-state index is 0.117. The lowest BCUT2D eigenvalue weighted by molar-refractivity contribution is -0.121. The Balaban J connectivity index is 1.41. The van der Waals surface area contributed by atoms with Gasteiger partial charge in [-0.3, -0.25) is 4.79 Å². The molecule has 0 saturated heterocycles. The first-order valence-corrected chi connectivity index (χ1v) is 8.94. The normalized spacial score (nSPS) is 15.8. The van der Waals surface area contributed by atoms with Crippen LogP contribution in [0.4, 0.5) is 0 Å². The highest BCUT2D eigenvalue weighted by molar-refractivity contribution is 7.13. The number of oxazole rings is 1. The molecule has 1 aliphatic rings. The summed E-state index contributed by atoms with van der Waals surface area (Å²) in [6.45, 7) is 0.443. The summed E-state index contributed by atoms with van der Waals surface area (Å²) in [4.78, 5) is 17.3. The van der Waals surface area contributed by atoms with Crippen LogP contribution in [-0.4, -0.2) is 10.9 Å². The quantitative estimate of drug-likeness (QED) is 0.860. The molecule has 0 spiro atoms. The van der Waals surface area contributed by atoms with Gasteiger partial charge >= 0.3 is 0 Å². The van der Waals surface area contributed by atoms with Crippen LogP contribution in [0.15, 0.2) is 28.2 Å². The predicted molar refractivity (Wildman–Crippen MR) is 87.5 cm³/mol. The van der Waals surface area contributed by atoms with Gasteiger partial charge in [-0.15, -0.1) is 11.3 Å². The SMILES string of the molecule is O=C(CCC1CCCCC1)NCc1coc(-c2cccs2)n1. The first-order valence-electron chi connectivity index (χ1n) is 8.06. The Kier molecular flexibility index (Phi) is 5.27. The van der Waals surface area contributed by atoms with Crippen molar-refractivity contribution in [2.24, 2.45) is 5.92 Å². The molecule has 0 aromatic carbocycles. The number of nitrogens with zero attached hydrogens (tertiary/aromatic N) is 1. The Morgan fingerprint density at radius 3 is 3.00 bits per heavy atom. The number of carbonyl (C=O) groups excluding carboxylic acids is 1. The number of nitrogens with one attached hydrogen (secondary N) is 1. The Morgan fingerprint density at radius 1 is 1.36 bits per heavy atom. The molecule has 1 fully saturated rings. The summed E-state index contributed by atoms with van der Waals surface area (Å²) in [5.74, 6) is 1.49. The summed E-state index contributed by atoms with van der Waals surface area (Å²) < 4.78 is 5.44. The molecule has 118 valence electrons. The number of rotatable bonds is 6. The van der Waals surface area contributed by atoms with Crippen molar-refractivity contribution in [1.29, 1.82) is 0 Å². The van der Waals surface area contributed by atoms with Crippen LogP contribution in [0.1, 0.15) is 50.6 Å². The minimum atomic E-state index is 0.117. The van der Waals surface area contributed by atoms with Crippen molar-refractivity contribution in [3.05, 3.63) is 29.5 Å². The summed E-state index contributed by atoms with van der Waals surface area (Å²) in [6, 6.07) is 3.94. The lowest BCUT2D eigenvalue weighted by Gasteiger charge is -2.20. The fraction of sp³-hybridized carbons (Fsp3) is 0.529. The molecule has 4 nitrogen and oxygen atoms in total. The van der Waals surface area contributed by atoms with Gasteiger partial charge in [-0.05, 0) is 23.8 Å². The van der Waals surface area contributed by atoms with Gasteiger partial charge in [0.2, 0.25) is 11.8 Å². The third-order valence-corrected chi connectivity index (χ3v) is 5.11. The van der Waals surface area contributed by atoms with E-state index < -0.39 is 0 Å². The molecule has 1 saturated carbocycles. The highest BCUT2D eigenvalue weighted by atomic mass is 32.1. The fourth-order valence-electron chi connectivity index (χ4n) is 2.99. The van der Waals surface area contributed by atoms with Crippen molar-refractivity contribution in [2.45, 2.75) is 51.5 Å². The van der Waals surface area contributed by atoms with Crippen LogP contribution < -0.4 is 5.32 Å². The van der Waals surface area contributed by atoms with E-state index in [1.165, 1.54) is 32.1 Å². The number of hydrogen-bond acceptors (Lipinski definition) is 4. The van der Waals surface area contributed by atoms with E-state index in [-0.39, 0.29) is 5.91 Å². The van der Waals surface area contributed by atoms with Gasteiger partial charge in [0.15, 0.2) is 0 Å². The highest BCUT2D eigenvalue weighted by Gasteiger charge is 2.15. The second-order valence-electron chi connectivity index (χ2n) is 5.94. The summed E-state index contributed by atoms with van der Waals surface area (Å²) in [5.41, 5.74) is 0.773. The summed E-state index contributed by atoms with van der Waals surface area (Å²) in [6.07, 6.45) is 9.87. The Hall–Kier alpha value is -1.62. The molecule has 0 unspecified atom stereocenters. The standard InChI is InChI=1S/C17H22N2O2S/c20-16(9-8-13-5-2-1-3-6-13)18-11-14-12-21-17(19-14)15-7-4-10-22-15/h4,7,10,12-13H,1-3,5-6,8-9,11H2,(H,18,20). The van der Waals surface area contributed by atoms with Crippen molar-refractivity contribution in [1.82, 2.24) is 10.3 Å². The van der Waals surface area contributed by atoms with Gasteiger partial charge in [0, 0.05) is 6.42 Å². The van der Waals surface area contributed by atoms with Crippen LogP contribution in [0.5, 0.6) is 0 Å². The smallest absolute Gasteiger partial charge is 0.236 e. The van der Waals surface area contributed by atoms with Gasteiger partial charge in [0.25, 0.3) is 0 Å². The lowest BCUT2D eigenvalue weighted by Crippen LogP contribution is -2.23. The number of carbonyl (C=O) groups is 1. The molecule has 0 aliphatic heterocycles. The predicted octanol–water partition coefficient (Wildman–Crippen LogP) is 4.38. The average molecular weight is 318 g/mol. The highest BCUT2D eigenvalue weighted by Crippen LogP contribution is 2.27. The van der Waals surface area contributed by atoms with Crippen molar-refractivity contribution >= 4 is 17.2 Å². The van der Waals surface area contributed by atoms with Gasteiger partial charge in [-0.1, -0.05) is 38.2 Å². The van der Waals surface area contributed by atoms with Crippen LogP contribution in [-0.2, 0) is 11.3 Å². The number of amides is 1. The molecule has 2 aromatic rings. The second kappa shape index (κ2) is 7.58. The van der Waals surface area contributed by atoms with E-state index in [4.69, 9.17) is 4.42 Å². The van der Waals surface area contributed by atoms with Crippen molar-refractivity contribution in [2.75, 3.05) is 0 Å². The van der Waals surface area contributed by atoms with Gasteiger partial charge in [-0.2, -0.15) is 0 Å². The van der Waals surface area contributed by atoms with Crippen LogP contribution in [0, 0.1) is 5.92 Å². The third kappa shape index (κ3) is 4.19. The van der Waals surface area contributed by atoms with E-state index in [1.807, 2.05) is 17.5 Å². The molecule has 1 amide bonds. The van der Waals surface area contributed by atoms with Gasteiger partial charge in [0.05, 0.1) is 17.1 Å². The van der Waals surface area contributed by atoms with Crippen LogP contribution >= 0.6 is 11.3 Å². The molecule has 0 bridgehead atoms. The number of aromatic nitrogens is 1. The van der Waals surface area contributed by atoms with Gasteiger partial charge in [-0.25, -0.2) is 4.98 Å². The third-order valence-electron chi connectivity index (χ3n) is 4.25. The average Bonchev–Trinajstić information content (AvgIpc) is 3.22. The van der Waals surface area contributed by atoms with E-state index in [0.29, 0.717) is 18.9 Å². The largest absolute Gasteiger partial charge is 0.443 e. The Bertz CT molecular complexity index is 586. The minimum Gasteiger partial charge on any atom is -0.443 e. The van der Waals surface area contributed by atoms with Crippen LogP contribution in [0.25, 0.3) is 10.8 Å². The van der Waals surface area contributed by atoms with E-state index in [0.717, 1.165) is 22.9 Å². The van der Waals surface area contributed by atoms with E-state index >= 15 is 0 Å². The zero-order chi connectivity index (χ0) is 15.2.